The summed E-state index contributed by atoms with van der Waals surface area (Å²) in [5.74, 6) is -0.0673. The van der Waals surface area contributed by atoms with E-state index in [0.717, 1.165) is 11.3 Å². The molecular weight excluding hydrogens is 342 g/mol. The first-order valence-electron chi connectivity index (χ1n) is 8.06. The van der Waals surface area contributed by atoms with Crippen LogP contribution in [0.4, 0.5) is 0 Å². The fourth-order valence-electron chi connectivity index (χ4n) is 2.44. The van der Waals surface area contributed by atoms with Crippen LogP contribution >= 0.6 is 11.6 Å². The van der Waals surface area contributed by atoms with Crippen molar-refractivity contribution in [2.24, 2.45) is 5.92 Å². The standard InChI is InChI=1S/C18H22ClN3O3/c1-10(2)16(21-17(23)13-7-5-6-8-15(13)19)18(24)20-9-14-11(3)22-25-12(14)4/h5-8,10,16H,9H2,1-4H3,(H,20,24)(H,21,23). The number of rotatable bonds is 6. The second kappa shape index (κ2) is 8.16. The number of amides is 2. The van der Waals surface area contributed by atoms with E-state index in [2.05, 4.69) is 15.8 Å². The lowest BCUT2D eigenvalue weighted by atomic mass is 10.0. The Hall–Kier alpha value is -2.34. The number of halogens is 1. The smallest absolute Gasteiger partial charge is 0.253 e. The zero-order valence-corrected chi connectivity index (χ0v) is 15.5. The Bertz CT molecular complexity index is 751. The monoisotopic (exact) mass is 363 g/mol. The van der Waals surface area contributed by atoms with Crippen molar-refractivity contribution in [1.29, 1.82) is 0 Å². The number of carbonyl (C=O) groups is 2. The van der Waals surface area contributed by atoms with Crippen molar-refractivity contribution >= 4 is 23.4 Å². The Morgan fingerprint density at radius 2 is 1.92 bits per heavy atom. The van der Waals surface area contributed by atoms with Crippen LogP contribution in [0.15, 0.2) is 28.8 Å². The fourth-order valence-corrected chi connectivity index (χ4v) is 2.66. The highest BCUT2D eigenvalue weighted by molar-refractivity contribution is 6.33. The second-order valence-corrected chi connectivity index (χ2v) is 6.60. The van der Waals surface area contributed by atoms with Crippen molar-refractivity contribution in [3.8, 4) is 0 Å². The molecule has 1 atom stereocenters. The lowest BCUT2D eigenvalue weighted by Crippen LogP contribution is -2.49. The molecule has 1 heterocycles. The number of carbonyl (C=O) groups excluding carboxylic acids is 2. The van der Waals surface area contributed by atoms with E-state index < -0.39 is 6.04 Å². The summed E-state index contributed by atoms with van der Waals surface area (Å²) in [5.41, 5.74) is 1.92. The summed E-state index contributed by atoms with van der Waals surface area (Å²) in [5, 5.41) is 9.80. The molecule has 6 nitrogen and oxygen atoms in total. The van der Waals surface area contributed by atoms with Gasteiger partial charge in [-0.05, 0) is 31.9 Å². The third-order valence-corrected chi connectivity index (χ3v) is 4.30. The Morgan fingerprint density at radius 3 is 2.48 bits per heavy atom. The quantitative estimate of drug-likeness (QED) is 0.826. The maximum Gasteiger partial charge on any atom is 0.253 e. The summed E-state index contributed by atoms with van der Waals surface area (Å²) in [7, 11) is 0. The number of aromatic nitrogens is 1. The summed E-state index contributed by atoms with van der Waals surface area (Å²) >= 11 is 6.05. The first kappa shape index (κ1) is 19.0. The highest BCUT2D eigenvalue weighted by Crippen LogP contribution is 2.16. The van der Waals surface area contributed by atoms with E-state index in [0.29, 0.717) is 22.9 Å². The Labute approximate surface area is 151 Å². The summed E-state index contributed by atoms with van der Waals surface area (Å²) in [4.78, 5) is 25.0. The largest absolute Gasteiger partial charge is 0.361 e. The molecule has 1 aromatic heterocycles. The number of nitrogens with zero attached hydrogens (tertiary/aromatic N) is 1. The number of aryl methyl sites for hydroxylation is 2. The Kier molecular flexibility index (Phi) is 6.20. The molecule has 0 saturated carbocycles. The molecule has 134 valence electrons. The maximum absolute atomic E-state index is 12.5. The van der Waals surface area contributed by atoms with Crippen LogP contribution in [0.5, 0.6) is 0 Å². The van der Waals surface area contributed by atoms with E-state index in [1.165, 1.54) is 0 Å². The average molecular weight is 364 g/mol. The Balaban J connectivity index is 2.06. The molecule has 0 fully saturated rings. The average Bonchev–Trinajstić information content (AvgIpc) is 2.88. The highest BCUT2D eigenvalue weighted by Gasteiger charge is 2.25. The van der Waals surface area contributed by atoms with Crippen LogP contribution in [0.25, 0.3) is 0 Å². The van der Waals surface area contributed by atoms with Crippen molar-refractivity contribution in [2.45, 2.75) is 40.3 Å². The first-order valence-corrected chi connectivity index (χ1v) is 8.44. The van der Waals surface area contributed by atoms with Gasteiger partial charge in [-0.2, -0.15) is 0 Å². The SMILES string of the molecule is Cc1noc(C)c1CNC(=O)C(NC(=O)c1ccccc1Cl)C(C)C. The van der Waals surface area contributed by atoms with Gasteiger partial charge in [-0.25, -0.2) is 0 Å². The van der Waals surface area contributed by atoms with E-state index in [1.54, 1.807) is 31.2 Å². The fraction of sp³-hybridized carbons (Fsp3) is 0.389. The van der Waals surface area contributed by atoms with Crippen LogP contribution in [-0.2, 0) is 11.3 Å². The van der Waals surface area contributed by atoms with Gasteiger partial charge in [0.1, 0.15) is 11.8 Å². The predicted octanol–water partition coefficient (Wildman–Crippen LogP) is 3.02. The minimum atomic E-state index is -0.677. The molecule has 0 saturated heterocycles. The van der Waals surface area contributed by atoms with Crippen molar-refractivity contribution in [1.82, 2.24) is 15.8 Å². The van der Waals surface area contributed by atoms with Gasteiger partial charge in [0.2, 0.25) is 5.91 Å². The van der Waals surface area contributed by atoms with Gasteiger partial charge in [0.15, 0.2) is 0 Å². The predicted molar refractivity (Wildman–Crippen MR) is 95.4 cm³/mol. The van der Waals surface area contributed by atoms with E-state index in [9.17, 15) is 9.59 Å². The van der Waals surface area contributed by atoms with Gasteiger partial charge in [0.05, 0.1) is 16.3 Å². The molecule has 1 aromatic carbocycles. The van der Waals surface area contributed by atoms with Crippen LogP contribution < -0.4 is 10.6 Å². The van der Waals surface area contributed by atoms with Gasteiger partial charge >= 0.3 is 0 Å². The molecule has 0 bridgehead atoms. The van der Waals surface area contributed by atoms with Gasteiger partial charge in [-0.3, -0.25) is 9.59 Å². The lowest BCUT2D eigenvalue weighted by Gasteiger charge is -2.22. The first-order chi connectivity index (χ1) is 11.8. The zero-order valence-electron chi connectivity index (χ0n) is 14.7. The third kappa shape index (κ3) is 4.60. The van der Waals surface area contributed by atoms with Gasteiger partial charge < -0.3 is 15.2 Å². The van der Waals surface area contributed by atoms with Gasteiger partial charge in [-0.15, -0.1) is 0 Å². The molecule has 2 N–H and O–H groups in total. The number of hydrogen-bond acceptors (Lipinski definition) is 4. The molecule has 0 aliphatic heterocycles. The minimum absolute atomic E-state index is 0.0869. The van der Waals surface area contributed by atoms with E-state index in [4.69, 9.17) is 16.1 Å². The minimum Gasteiger partial charge on any atom is -0.361 e. The van der Waals surface area contributed by atoms with Crippen LogP contribution in [0.2, 0.25) is 5.02 Å². The summed E-state index contributed by atoms with van der Waals surface area (Å²) in [6, 6.07) is 6.05. The molecule has 25 heavy (non-hydrogen) atoms. The molecule has 0 radical (unpaired) electrons. The molecule has 0 spiro atoms. The second-order valence-electron chi connectivity index (χ2n) is 6.20. The number of benzene rings is 1. The van der Waals surface area contributed by atoms with Crippen LogP contribution in [0.1, 0.15) is 41.2 Å². The molecule has 0 aliphatic carbocycles. The Morgan fingerprint density at radius 1 is 1.24 bits per heavy atom. The number of nitrogens with one attached hydrogen (secondary N) is 2. The van der Waals surface area contributed by atoms with Crippen molar-refractivity contribution in [3.05, 3.63) is 51.9 Å². The van der Waals surface area contributed by atoms with Crippen LogP contribution in [0, 0.1) is 19.8 Å². The van der Waals surface area contributed by atoms with Crippen LogP contribution in [-0.4, -0.2) is 23.0 Å². The van der Waals surface area contributed by atoms with E-state index in [-0.39, 0.29) is 17.7 Å². The van der Waals surface area contributed by atoms with Crippen molar-refractivity contribution in [2.75, 3.05) is 0 Å². The van der Waals surface area contributed by atoms with E-state index >= 15 is 0 Å². The zero-order chi connectivity index (χ0) is 18.6. The number of hydrogen-bond donors (Lipinski definition) is 2. The van der Waals surface area contributed by atoms with Gasteiger partial charge in [0.25, 0.3) is 5.91 Å². The summed E-state index contributed by atoms with van der Waals surface area (Å²) in [6.07, 6.45) is 0. The normalized spacial score (nSPS) is 12.1. The molecule has 2 aromatic rings. The molecule has 0 aliphatic rings. The lowest BCUT2D eigenvalue weighted by molar-refractivity contribution is -0.124. The van der Waals surface area contributed by atoms with Crippen LogP contribution in [0.3, 0.4) is 0 Å². The topological polar surface area (TPSA) is 84.2 Å². The molecule has 1 unspecified atom stereocenters. The molecule has 7 heteroatoms. The third-order valence-electron chi connectivity index (χ3n) is 3.97. The van der Waals surface area contributed by atoms with Gasteiger partial charge in [0, 0.05) is 12.1 Å². The van der Waals surface area contributed by atoms with Gasteiger partial charge in [-0.1, -0.05) is 42.7 Å². The maximum atomic E-state index is 12.5. The summed E-state index contributed by atoms with van der Waals surface area (Å²) < 4.78 is 5.09. The molecular formula is C18H22ClN3O3. The van der Waals surface area contributed by atoms with Crippen molar-refractivity contribution < 1.29 is 14.1 Å². The molecule has 2 rings (SSSR count). The van der Waals surface area contributed by atoms with Crippen molar-refractivity contribution in [3.63, 3.8) is 0 Å². The summed E-state index contributed by atoms with van der Waals surface area (Å²) in [6.45, 7) is 7.64. The van der Waals surface area contributed by atoms with E-state index in [1.807, 2.05) is 20.8 Å². The highest BCUT2D eigenvalue weighted by atomic mass is 35.5. The molecule has 2 amide bonds.